The first kappa shape index (κ1) is 13.8. The Balaban J connectivity index is 0. The summed E-state index contributed by atoms with van der Waals surface area (Å²) in [4.78, 5) is 9.75. The largest absolute Gasteiger partial charge is 0.435 e. The van der Waals surface area contributed by atoms with Crippen molar-refractivity contribution in [1.82, 2.24) is 0 Å². The lowest BCUT2D eigenvalue weighted by Crippen LogP contribution is -1.91. The number of hydrogen-bond donors (Lipinski definition) is 1. The van der Waals surface area contributed by atoms with Crippen LogP contribution in [0.5, 0.6) is 0 Å². The van der Waals surface area contributed by atoms with E-state index in [-0.39, 0.29) is 12.6 Å². The molecule has 0 saturated carbocycles. The maximum Gasteiger partial charge on any atom is 0.307 e. The fourth-order valence-corrected chi connectivity index (χ4v) is 0.420. The first-order valence-electron chi connectivity index (χ1n) is 3.06. The molecule has 1 N–H and O–H groups in total. The van der Waals surface area contributed by atoms with Gasteiger partial charge in [0, 0.05) is 6.92 Å². The van der Waals surface area contributed by atoms with Gasteiger partial charge in [-0.1, -0.05) is 6.58 Å². The average molecular weight is 196 g/mol. The van der Waals surface area contributed by atoms with E-state index >= 15 is 0 Å². The molecule has 0 aromatic carbocycles. The van der Waals surface area contributed by atoms with E-state index in [0.29, 0.717) is 0 Å². The third-order valence-corrected chi connectivity index (χ3v) is 0.905. The Bertz CT molecular complexity index is 156. The molecule has 5 nitrogen and oxygen atoms in total. The maximum atomic E-state index is 9.75. The van der Waals surface area contributed by atoms with E-state index in [2.05, 4.69) is 15.5 Å². The average Bonchev–Trinajstić information content (AvgIpc) is 1.87. The normalized spacial score (nSPS) is 10.6. The van der Waals surface area contributed by atoms with Crippen molar-refractivity contribution in [3.8, 4) is 0 Å². The SMILES string of the molecule is C=COC(C)=O.CCOS(=O)O. The van der Waals surface area contributed by atoms with Crippen LogP contribution in [0.2, 0.25) is 0 Å². The monoisotopic (exact) mass is 196 g/mol. The summed E-state index contributed by atoms with van der Waals surface area (Å²) in [5, 5.41) is 0. The lowest BCUT2D eigenvalue weighted by molar-refractivity contribution is -0.135. The molecule has 0 bridgehead atoms. The van der Waals surface area contributed by atoms with Crippen LogP contribution in [0.1, 0.15) is 13.8 Å². The lowest BCUT2D eigenvalue weighted by atomic mass is 10.8. The minimum Gasteiger partial charge on any atom is -0.435 e. The van der Waals surface area contributed by atoms with E-state index in [1.54, 1.807) is 6.92 Å². The van der Waals surface area contributed by atoms with Crippen molar-refractivity contribution < 1.29 is 22.5 Å². The van der Waals surface area contributed by atoms with E-state index in [1.807, 2.05) is 0 Å². The van der Waals surface area contributed by atoms with Crippen LogP contribution in [0.15, 0.2) is 12.8 Å². The second-order valence-electron chi connectivity index (χ2n) is 1.40. The Morgan fingerprint density at radius 3 is 2.25 bits per heavy atom. The first-order chi connectivity index (χ1) is 5.54. The molecule has 0 aliphatic heterocycles. The maximum absolute atomic E-state index is 9.75. The van der Waals surface area contributed by atoms with Gasteiger partial charge in [-0.05, 0) is 6.92 Å². The van der Waals surface area contributed by atoms with Crippen molar-refractivity contribution in [2.45, 2.75) is 13.8 Å². The van der Waals surface area contributed by atoms with Gasteiger partial charge in [-0.2, -0.15) is 4.21 Å². The van der Waals surface area contributed by atoms with Crippen LogP contribution in [0.3, 0.4) is 0 Å². The summed E-state index contributed by atoms with van der Waals surface area (Å²) < 4.78 is 25.5. The van der Waals surface area contributed by atoms with Crippen molar-refractivity contribution in [2.75, 3.05) is 6.61 Å². The number of carbonyl (C=O) groups is 1. The van der Waals surface area contributed by atoms with Crippen LogP contribution in [-0.4, -0.2) is 21.3 Å². The molecular weight excluding hydrogens is 184 g/mol. The topological polar surface area (TPSA) is 72.8 Å². The number of ether oxygens (including phenoxy) is 1. The van der Waals surface area contributed by atoms with E-state index in [0.717, 1.165) is 6.26 Å². The van der Waals surface area contributed by atoms with E-state index in [1.165, 1.54) is 6.92 Å². The highest BCUT2D eigenvalue weighted by molar-refractivity contribution is 7.74. The van der Waals surface area contributed by atoms with E-state index in [4.69, 9.17) is 4.55 Å². The smallest absolute Gasteiger partial charge is 0.307 e. The third-order valence-electron chi connectivity index (χ3n) is 0.468. The summed E-state index contributed by atoms with van der Waals surface area (Å²) in [6.07, 6.45) is 1.10. The van der Waals surface area contributed by atoms with Gasteiger partial charge in [0.2, 0.25) is 0 Å². The molecule has 0 aromatic heterocycles. The van der Waals surface area contributed by atoms with Crippen molar-refractivity contribution in [3.05, 3.63) is 12.8 Å². The number of rotatable bonds is 3. The van der Waals surface area contributed by atoms with Crippen LogP contribution >= 0.6 is 0 Å². The summed E-state index contributed by atoms with van der Waals surface area (Å²) >= 11 is -2.07. The molecule has 0 aliphatic rings. The molecule has 0 saturated heterocycles. The molecule has 1 unspecified atom stereocenters. The molecule has 0 spiro atoms. The highest BCUT2D eigenvalue weighted by Crippen LogP contribution is 1.73. The Morgan fingerprint density at radius 1 is 1.75 bits per heavy atom. The van der Waals surface area contributed by atoms with Gasteiger partial charge < -0.3 is 4.74 Å². The number of hydrogen-bond acceptors (Lipinski definition) is 4. The predicted octanol–water partition coefficient (Wildman–Crippen LogP) is 0.853. The van der Waals surface area contributed by atoms with Gasteiger partial charge in [-0.25, -0.2) is 0 Å². The van der Waals surface area contributed by atoms with E-state index < -0.39 is 11.4 Å². The minimum absolute atomic E-state index is 0.281. The number of carbonyl (C=O) groups excluding carboxylic acids is 1. The molecule has 72 valence electrons. The summed E-state index contributed by atoms with van der Waals surface area (Å²) in [6, 6.07) is 0. The minimum atomic E-state index is -2.07. The lowest BCUT2D eigenvalue weighted by Gasteiger charge is -1.84. The van der Waals surface area contributed by atoms with Gasteiger partial charge in [0.1, 0.15) is 0 Å². The molecule has 0 heterocycles. The summed E-state index contributed by atoms with van der Waals surface area (Å²) in [5.41, 5.74) is 0. The fraction of sp³-hybridized carbons (Fsp3) is 0.500. The van der Waals surface area contributed by atoms with Crippen LogP contribution < -0.4 is 0 Å². The molecule has 0 fully saturated rings. The Morgan fingerprint density at radius 2 is 2.25 bits per heavy atom. The molecule has 0 aliphatic carbocycles. The Kier molecular flexibility index (Phi) is 11.9. The van der Waals surface area contributed by atoms with Gasteiger partial charge in [0.15, 0.2) is 0 Å². The van der Waals surface area contributed by atoms with Crippen LogP contribution in [-0.2, 0) is 25.1 Å². The molecule has 0 radical (unpaired) electrons. The van der Waals surface area contributed by atoms with Crippen LogP contribution in [0.4, 0.5) is 0 Å². The third kappa shape index (κ3) is 22.8. The zero-order chi connectivity index (χ0) is 9.98. The Hall–Kier alpha value is -0.720. The first-order valence-corrected chi connectivity index (χ1v) is 4.10. The molecule has 12 heavy (non-hydrogen) atoms. The molecule has 0 amide bonds. The van der Waals surface area contributed by atoms with Crippen molar-refractivity contribution in [2.24, 2.45) is 0 Å². The zero-order valence-electron chi connectivity index (χ0n) is 6.98. The van der Waals surface area contributed by atoms with Gasteiger partial charge in [-0.3, -0.25) is 13.5 Å². The molecule has 1 atom stereocenters. The van der Waals surface area contributed by atoms with E-state index in [9.17, 15) is 9.00 Å². The van der Waals surface area contributed by atoms with Gasteiger partial charge in [-0.15, -0.1) is 0 Å². The van der Waals surface area contributed by atoms with Crippen LogP contribution in [0, 0.1) is 0 Å². The van der Waals surface area contributed by atoms with Gasteiger partial charge in [0.25, 0.3) is 0 Å². The zero-order valence-corrected chi connectivity index (χ0v) is 7.80. The highest BCUT2D eigenvalue weighted by Gasteiger charge is 1.82. The molecular formula is C6H12O5S. The molecule has 0 aromatic rings. The van der Waals surface area contributed by atoms with Crippen molar-refractivity contribution in [3.63, 3.8) is 0 Å². The standard InChI is InChI=1S/C4H6O2.C2H6O3S/c1-3-6-4(2)5;1-2-5-6(3)4/h3H,1H2,2H3;2H2,1H3,(H,3,4). The number of esters is 1. The summed E-state index contributed by atoms with van der Waals surface area (Å²) in [5.74, 6) is -0.329. The second-order valence-corrected chi connectivity index (χ2v) is 2.07. The summed E-state index contributed by atoms with van der Waals surface area (Å²) in [6.45, 7) is 6.41. The second kappa shape index (κ2) is 10.3. The molecule has 0 rings (SSSR count). The van der Waals surface area contributed by atoms with Crippen molar-refractivity contribution in [1.29, 1.82) is 0 Å². The van der Waals surface area contributed by atoms with Gasteiger partial charge >= 0.3 is 17.3 Å². The summed E-state index contributed by atoms with van der Waals surface area (Å²) in [7, 11) is 0. The van der Waals surface area contributed by atoms with Crippen molar-refractivity contribution >= 4 is 17.3 Å². The quantitative estimate of drug-likeness (QED) is 0.411. The predicted molar refractivity (Wildman–Crippen MR) is 44.4 cm³/mol. The fourth-order valence-electron chi connectivity index (χ4n) is 0.218. The highest BCUT2D eigenvalue weighted by atomic mass is 32.2. The molecule has 6 heteroatoms. The Labute approximate surface area is 73.9 Å². The van der Waals surface area contributed by atoms with Gasteiger partial charge in [0.05, 0.1) is 12.9 Å². The van der Waals surface area contributed by atoms with Crippen LogP contribution in [0.25, 0.3) is 0 Å².